The molecule has 0 saturated carbocycles. The van der Waals surface area contributed by atoms with Gasteiger partial charge in [0.25, 0.3) is 5.91 Å². The summed E-state index contributed by atoms with van der Waals surface area (Å²) in [4.78, 5) is 16.2. The monoisotopic (exact) mass is 324 g/mol. The maximum Gasteiger partial charge on any atom is 0.251 e. The van der Waals surface area contributed by atoms with Gasteiger partial charge in [-0.25, -0.2) is 0 Å². The van der Waals surface area contributed by atoms with E-state index in [1.54, 1.807) is 6.07 Å². The minimum Gasteiger partial charge on any atom is -0.370 e. The molecule has 0 unspecified atom stereocenters. The smallest absolute Gasteiger partial charge is 0.251 e. The third kappa shape index (κ3) is 5.12. The summed E-state index contributed by atoms with van der Waals surface area (Å²) >= 11 is 0. The van der Waals surface area contributed by atoms with Crippen molar-refractivity contribution in [2.24, 2.45) is 10.7 Å². The van der Waals surface area contributed by atoms with Crippen LogP contribution in [0.4, 0.5) is 5.69 Å². The highest BCUT2D eigenvalue weighted by atomic mass is 16.1. The van der Waals surface area contributed by atoms with E-state index in [1.807, 2.05) is 43.3 Å². The van der Waals surface area contributed by atoms with E-state index in [9.17, 15) is 4.79 Å². The molecule has 2 rings (SSSR count). The van der Waals surface area contributed by atoms with Crippen molar-refractivity contribution in [3.63, 3.8) is 0 Å². The number of hydrogen-bond donors (Lipinski definition) is 3. The Hall–Kier alpha value is -2.82. The van der Waals surface area contributed by atoms with Crippen molar-refractivity contribution >= 4 is 17.6 Å². The van der Waals surface area contributed by atoms with E-state index in [0.29, 0.717) is 24.6 Å². The van der Waals surface area contributed by atoms with Crippen LogP contribution in [0.15, 0.2) is 47.5 Å². The number of rotatable bonds is 5. The van der Waals surface area contributed by atoms with E-state index in [4.69, 9.17) is 5.73 Å². The molecule has 2 aromatic carbocycles. The molecule has 4 N–H and O–H groups in total. The minimum absolute atomic E-state index is 0.102. The van der Waals surface area contributed by atoms with Crippen LogP contribution in [0.2, 0.25) is 0 Å². The van der Waals surface area contributed by atoms with E-state index in [2.05, 4.69) is 29.5 Å². The number of aryl methyl sites for hydroxylation is 3. The third-order valence-corrected chi connectivity index (χ3v) is 3.74. The molecule has 0 spiro atoms. The summed E-state index contributed by atoms with van der Waals surface area (Å²) in [6.45, 7) is 6.92. The molecule has 5 nitrogen and oxygen atoms in total. The van der Waals surface area contributed by atoms with E-state index in [0.717, 1.165) is 11.3 Å². The summed E-state index contributed by atoms with van der Waals surface area (Å²) in [6, 6.07) is 13.5. The van der Waals surface area contributed by atoms with Crippen LogP contribution in [0.5, 0.6) is 0 Å². The van der Waals surface area contributed by atoms with Gasteiger partial charge >= 0.3 is 0 Å². The highest BCUT2D eigenvalue weighted by Gasteiger charge is 2.04. The van der Waals surface area contributed by atoms with E-state index in [1.165, 1.54) is 11.1 Å². The summed E-state index contributed by atoms with van der Waals surface area (Å²) in [5, 5.41) is 5.88. The lowest BCUT2D eigenvalue weighted by atomic mass is 10.1. The van der Waals surface area contributed by atoms with Crippen LogP contribution < -0.4 is 16.4 Å². The maximum atomic E-state index is 12.0. The number of aliphatic imine (C=N–C) groups is 1. The summed E-state index contributed by atoms with van der Waals surface area (Å²) in [6.07, 6.45) is 0. The second kappa shape index (κ2) is 8.15. The van der Waals surface area contributed by atoms with Crippen LogP contribution in [0.25, 0.3) is 0 Å². The molecule has 5 heteroatoms. The number of nitrogens with zero attached hydrogens (tertiary/aromatic N) is 1. The zero-order valence-electron chi connectivity index (χ0n) is 14.4. The van der Waals surface area contributed by atoms with Crippen molar-refractivity contribution in [3.05, 3.63) is 64.7 Å². The molecule has 0 aliphatic rings. The highest BCUT2D eigenvalue weighted by Crippen LogP contribution is 2.13. The van der Waals surface area contributed by atoms with Gasteiger partial charge in [0.2, 0.25) is 0 Å². The number of amides is 1. The fraction of sp³-hybridized carbons (Fsp3) is 0.263. The van der Waals surface area contributed by atoms with Gasteiger partial charge < -0.3 is 16.4 Å². The first-order chi connectivity index (χ1) is 11.5. The summed E-state index contributed by atoms with van der Waals surface area (Å²) in [5.41, 5.74) is 10.9. The fourth-order valence-corrected chi connectivity index (χ4v) is 2.24. The number of nitrogens with two attached hydrogens (primary N) is 1. The SMILES string of the molecule is Cc1cccc(C(=O)NCCN=C(N)Nc2ccc(C)c(C)c2)c1. The molecule has 0 radical (unpaired) electrons. The van der Waals surface area contributed by atoms with Gasteiger partial charge in [-0.15, -0.1) is 0 Å². The second-order valence-corrected chi connectivity index (χ2v) is 5.82. The Kier molecular flexibility index (Phi) is 5.95. The summed E-state index contributed by atoms with van der Waals surface area (Å²) in [7, 11) is 0. The molecule has 1 amide bonds. The summed E-state index contributed by atoms with van der Waals surface area (Å²) in [5.74, 6) is 0.234. The standard InChI is InChI=1S/C19H24N4O/c1-13-5-4-6-16(11-13)18(24)21-9-10-22-19(20)23-17-8-7-14(2)15(3)12-17/h4-8,11-12H,9-10H2,1-3H3,(H,21,24)(H3,20,22,23). The zero-order valence-corrected chi connectivity index (χ0v) is 14.4. The summed E-state index contributed by atoms with van der Waals surface area (Å²) < 4.78 is 0. The number of benzene rings is 2. The van der Waals surface area contributed by atoms with Crippen molar-refractivity contribution in [2.45, 2.75) is 20.8 Å². The molecule has 2 aromatic rings. The quantitative estimate of drug-likeness (QED) is 0.449. The first kappa shape index (κ1) is 17.5. The van der Waals surface area contributed by atoms with Crippen LogP contribution in [0.3, 0.4) is 0 Å². The number of anilines is 1. The Morgan fingerprint density at radius 3 is 2.58 bits per heavy atom. The third-order valence-electron chi connectivity index (χ3n) is 3.74. The zero-order chi connectivity index (χ0) is 17.5. The molecular weight excluding hydrogens is 300 g/mol. The Bertz CT molecular complexity index is 753. The molecule has 126 valence electrons. The number of carbonyl (C=O) groups excluding carboxylic acids is 1. The van der Waals surface area contributed by atoms with Gasteiger partial charge in [-0.1, -0.05) is 23.8 Å². The lowest BCUT2D eigenvalue weighted by Crippen LogP contribution is -2.28. The molecule has 0 aliphatic carbocycles. The number of carbonyl (C=O) groups is 1. The van der Waals surface area contributed by atoms with Crippen LogP contribution in [0.1, 0.15) is 27.0 Å². The topological polar surface area (TPSA) is 79.5 Å². The largest absolute Gasteiger partial charge is 0.370 e. The molecule has 0 aromatic heterocycles. The van der Waals surface area contributed by atoms with Gasteiger partial charge in [0.05, 0.1) is 6.54 Å². The van der Waals surface area contributed by atoms with Crippen LogP contribution in [-0.2, 0) is 0 Å². The van der Waals surface area contributed by atoms with Crippen molar-refractivity contribution in [1.82, 2.24) is 5.32 Å². The predicted molar refractivity (Wildman–Crippen MR) is 99.5 cm³/mol. The Morgan fingerprint density at radius 1 is 1.08 bits per heavy atom. The first-order valence-corrected chi connectivity index (χ1v) is 7.95. The second-order valence-electron chi connectivity index (χ2n) is 5.82. The molecular formula is C19H24N4O. The van der Waals surface area contributed by atoms with Gasteiger partial charge in [0, 0.05) is 17.8 Å². The molecule has 0 saturated heterocycles. The number of nitrogens with one attached hydrogen (secondary N) is 2. The van der Waals surface area contributed by atoms with Crippen molar-refractivity contribution in [2.75, 3.05) is 18.4 Å². The van der Waals surface area contributed by atoms with Gasteiger partial charge in [0.1, 0.15) is 0 Å². The van der Waals surface area contributed by atoms with Gasteiger partial charge in [-0.2, -0.15) is 0 Å². The average molecular weight is 324 g/mol. The molecule has 0 bridgehead atoms. The normalized spacial score (nSPS) is 11.2. The van der Waals surface area contributed by atoms with Crippen LogP contribution >= 0.6 is 0 Å². The molecule has 0 heterocycles. The van der Waals surface area contributed by atoms with Crippen LogP contribution in [-0.4, -0.2) is 25.0 Å². The molecule has 0 atom stereocenters. The maximum absolute atomic E-state index is 12.0. The van der Waals surface area contributed by atoms with Crippen LogP contribution in [0, 0.1) is 20.8 Å². The van der Waals surface area contributed by atoms with Gasteiger partial charge in [0.15, 0.2) is 5.96 Å². The van der Waals surface area contributed by atoms with Gasteiger partial charge in [-0.3, -0.25) is 9.79 Å². The average Bonchev–Trinajstić information content (AvgIpc) is 2.55. The van der Waals surface area contributed by atoms with Gasteiger partial charge in [-0.05, 0) is 56.2 Å². The van der Waals surface area contributed by atoms with Crippen molar-refractivity contribution in [3.8, 4) is 0 Å². The number of guanidine groups is 1. The molecule has 24 heavy (non-hydrogen) atoms. The predicted octanol–water partition coefficient (Wildman–Crippen LogP) is 2.77. The van der Waals surface area contributed by atoms with E-state index < -0.39 is 0 Å². The number of hydrogen-bond acceptors (Lipinski definition) is 2. The fourth-order valence-electron chi connectivity index (χ4n) is 2.24. The first-order valence-electron chi connectivity index (χ1n) is 7.95. The van der Waals surface area contributed by atoms with Crippen molar-refractivity contribution < 1.29 is 4.79 Å². The molecule has 0 aliphatic heterocycles. The molecule has 0 fully saturated rings. The van der Waals surface area contributed by atoms with Crippen molar-refractivity contribution in [1.29, 1.82) is 0 Å². The Labute approximate surface area is 143 Å². The minimum atomic E-state index is -0.102. The Morgan fingerprint density at radius 2 is 1.88 bits per heavy atom. The lowest BCUT2D eigenvalue weighted by molar-refractivity contribution is 0.0954. The van der Waals surface area contributed by atoms with E-state index >= 15 is 0 Å². The highest BCUT2D eigenvalue weighted by molar-refractivity contribution is 5.94. The lowest BCUT2D eigenvalue weighted by Gasteiger charge is -2.08. The van der Waals surface area contributed by atoms with E-state index in [-0.39, 0.29) is 5.91 Å². The Balaban J connectivity index is 1.80.